The highest BCUT2D eigenvalue weighted by Crippen LogP contribution is 2.53. The van der Waals surface area contributed by atoms with Crippen molar-refractivity contribution in [1.82, 2.24) is 0 Å². The van der Waals surface area contributed by atoms with E-state index in [0.29, 0.717) is 0 Å². The maximum Gasteiger partial charge on any atom is -0.0292 e. The second kappa shape index (κ2) is 3.81. The van der Waals surface area contributed by atoms with Crippen LogP contribution in [-0.2, 0) is 0 Å². The van der Waals surface area contributed by atoms with E-state index >= 15 is 0 Å². The van der Waals surface area contributed by atoms with Gasteiger partial charge in [-0.2, -0.15) is 0 Å². The molecule has 72 valence electrons. The molecule has 1 fully saturated rings. The summed E-state index contributed by atoms with van der Waals surface area (Å²) in [7, 11) is 0. The summed E-state index contributed by atoms with van der Waals surface area (Å²) in [4.78, 5) is 0. The zero-order valence-corrected chi connectivity index (χ0v) is 9.19. The van der Waals surface area contributed by atoms with Gasteiger partial charge in [-0.05, 0) is 36.5 Å². The monoisotopic (exact) mass is 168 g/mol. The van der Waals surface area contributed by atoms with Crippen molar-refractivity contribution in [2.45, 2.75) is 59.8 Å². The summed E-state index contributed by atoms with van der Waals surface area (Å²) in [6.07, 6.45) is 7.29. The van der Waals surface area contributed by atoms with Crippen molar-refractivity contribution < 1.29 is 0 Å². The molecule has 0 heterocycles. The molecular formula is C12H24. The summed E-state index contributed by atoms with van der Waals surface area (Å²) < 4.78 is 0. The zero-order valence-electron chi connectivity index (χ0n) is 9.19. The Morgan fingerprint density at radius 2 is 1.83 bits per heavy atom. The highest BCUT2D eigenvalue weighted by Gasteiger charge is 2.41. The van der Waals surface area contributed by atoms with E-state index in [-0.39, 0.29) is 0 Å². The molecule has 0 aromatic heterocycles. The van der Waals surface area contributed by atoms with Crippen molar-refractivity contribution in [3.63, 3.8) is 0 Å². The van der Waals surface area contributed by atoms with E-state index in [9.17, 15) is 0 Å². The van der Waals surface area contributed by atoms with Gasteiger partial charge < -0.3 is 0 Å². The molecule has 0 heteroatoms. The fraction of sp³-hybridized carbons (Fsp3) is 1.00. The van der Waals surface area contributed by atoms with E-state index in [4.69, 9.17) is 0 Å². The standard InChI is InChI=1S/C12H24/c1-5-11-8-12(6-2,9-11)7-10(3)4/h10-11H,5-9H2,1-4H3. The van der Waals surface area contributed by atoms with Crippen molar-refractivity contribution in [2.24, 2.45) is 17.3 Å². The normalized spacial score (nSPS) is 35.2. The summed E-state index contributed by atoms with van der Waals surface area (Å²) in [6.45, 7) is 9.42. The second-order valence-corrected chi connectivity index (χ2v) is 5.13. The molecule has 0 atom stereocenters. The molecule has 1 aliphatic rings. The lowest BCUT2D eigenvalue weighted by Gasteiger charge is -2.48. The van der Waals surface area contributed by atoms with Crippen molar-refractivity contribution in [2.75, 3.05) is 0 Å². The average Bonchev–Trinajstić information content (AvgIpc) is 1.95. The van der Waals surface area contributed by atoms with Crippen LogP contribution in [-0.4, -0.2) is 0 Å². The first-order chi connectivity index (χ1) is 5.62. The summed E-state index contributed by atoms with van der Waals surface area (Å²) in [5.41, 5.74) is 0.759. The molecule has 0 aromatic rings. The molecule has 1 aliphatic carbocycles. The summed E-state index contributed by atoms with van der Waals surface area (Å²) in [5.74, 6) is 1.95. The minimum Gasteiger partial charge on any atom is -0.0651 e. The van der Waals surface area contributed by atoms with Gasteiger partial charge in [-0.3, -0.25) is 0 Å². The Balaban J connectivity index is 2.36. The predicted molar refractivity (Wildman–Crippen MR) is 55.2 cm³/mol. The first-order valence-corrected chi connectivity index (χ1v) is 5.62. The minimum atomic E-state index is 0.759. The van der Waals surface area contributed by atoms with Crippen LogP contribution in [0.3, 0.4) is 0 Å². The molecular weight excluding hydrogens is 144 g/mol. The summed E-state index contributed by atoms with van der Waals surface area (Å²) in [6, 6.07) is 0. The molecule has 0 amide bonds. The Morgan fingerprint density at radius 3 is 2.17 bits per heavy atom. The molecule has 1 saturated carbocycles. The first-order valence-electron chi connectivity index (χ1n) is 5.62. The van der Waals surface area contributed by atoms with E-state index in [1.54, 1.807) is 0 Å². The highest BCUT2D eigenvalue weighted by molar-refractivity contribution is 4.92. The molecule has 0 bridgehead atoms. The van der Waals surface area contributed by atoms with Gasteiger partial charge in [0.1, 0.15) is 0 Å². The van der Waals surface area contributed by atoms with E-state index < -0.39 is 0 Å². The van der Waals surface area contributed by atoms with E-state index in [2.05, 4.69) is 27.7 Å². The van der Waals surface area contributed by atoms with Gasteiger partial charge in [0.05, 0.1) is 0 Å². The molecule has 0 unspecified atom stereocenters. The molecule has 0 N–H and O–H groups in total. The van der Waals surface area contributed by atoms with Crippen molar-refractivity contribution in [3.05, 3.63) is 0 Å². The Morgan fingerprint density at radius 1 is 1.25 bits per heavy atom. The quantitative estimate of drug-likeness (QED) is 0.588. The lowest BCUT2D eigenvalue weighted by molar-refractivity contribution is 0.0257. The van der Waals surface area contributed by atoms with Crippen LogP contribution in [0.1, 0.15) is 59.8 Å². The van der Waals surface area contributed by atoms with Gasteiger partial charge in [0.2, 0.25) is 0 Å². The highest BCUT2D eigenvalue weighted by atomic mass is 14.5. The van der Waals surface area contributed by atoms with Gasteiger partial charge in [0.15, 0.2) is 0 Å². The Hall–Kier alpha value is 0. The lowest BCUT2D eigenvalue weighted by Crippen LogP contribution is -2.37. The first kappa shape index (κ1) is 10.1. The maximum absolute atomic E-state index is 2.37. The SMILES string of the molecule is CCC1CC(CC)(CC(C)C)C1. The van der Waals surface area contributed by atoms with Crippen LogP contribution in [0.15, 0.2) is 0 Å². The summed E-state index contributed by atoms with van der Waals surface area (Å²) >= 11 is 0. The summed E-state index contributed by atoms with van der Waals surface area (Å²) in [5, 5.41) is 0. The zero-order chi connectivity index (χ0) is 9.19. The van der Waals surface area contributed by atoms with Gasteiger partial charge >= 0.3 is 0 Å². The van der Waals surface area contributed by atoms with Crippen molar-refractivity contribution in [1.29, 1.82) is 0 Å². The van der Waals surface area contributed by atoms with Gasteiger partial charge in [-0.25, -0.2) is 0 Å². The molecule has 12 heavy (non-hydrogen) atoms. The van der Waals surface area contributed by atoms with Crippen LogP contribution >= 0.6 is 0 Å². The van der Waals surface area contributed by atoms with Crippen LogP contribution in [0.25, 0.3) is 0 Å². The molecule has 0 nitrogen and oxygen atoms in total. The van der Waals surface area contributed by atoms with E-state index in [1.807, 2.05) is 0 Å². The van der Waals surface area contributed by atoms with Crippen molar-refractivity contribution in [3.8, 4) is 0 Å². The minimum absolute atomic E-state index is 0.759. The number of hydrogen-bond donors (Lipinski definition) is 0. The van der Waals surface area contributed by atoms with Crippen LogP contribution in [0, 0.1) is 17.3 Å². The third kappa shape index (κ3) is 2.02. The smallest absolute Gasteiger partial charge is 0.0292 e. The molecule has 0 spiro atoms. The van der Waals surface area contributed by atoms with Gasteiger partial charge in [0, 0.05) is 0 Å². The molecule has 1 rings (SSSR count). The fourth-order valence-corrected chi connectivity index (χ4v) is 2.92. The fourth-order valence-electron chi connectivity index (χ4n) is 2.92. The maximum atomic E-state index is 2.37. The molecule has 0 aromatic carbocycles. The molecule has 0 radical (unpaired) electrons. The number of rotatable bonds is 4. The van der Waals surface area contributed by atoms with Gasteiger partial charge in [-0.15, -0.1) is 0 Å². The van der Waals surface area contributed by atoms with Crippen LogP contribution in [0.5, 0.6) is 0 Å². The third-order valence-electron chi connectivity index (χ3n) is 3.61. The number of hydrogen-bond acceptors (Lipinski definition) is 0. The second-order valence-electron chi connectivity index (χ2n) is 5.13. The van der Waals surface area contributed by atoms with Gasteiger partial charge in [0.25, 0.3) is 0 Å². The Bertz CT molecular complexity index is 129. The topological polar surface area (TPSA) is 0 Å². The van der Waals surface area contributed by atoms with Gasteiger partial charge in [-0.1, -0.05) is 40.5 Å². The van der Waals surface area contributed by atoms with E-state index in [0.717, 1.165) is 17.3 Å². The average molecular weight is 168 g/mol. The van der Waals surface area contributed by atoms with Crippen LogP contribution in [0.4, 0.5) is 0 Å². The van der Waals surface area contributed by atoms with Crippen LogP contribution < -0.4 is 0 Å². The molecule has 0 saturated heterocycles. The lowest BCUT2D eigenvalue weighted by atomic mass is 9.57. The van der Waals surface area contributed by atoms with Crippen LogP contribution in [0.2, 0.25) is 0 Å². The Kier molecular flexibility index (Phi) is 3.20. The predicted octanol–water partition coefficient (Wildman–Crippen LogP) is 4.25. The largest absolute Gasteiger partial charge is 0.0651 e. The van der Waals surface area contributed by atoms with E-state index in [1.165, 1.54) is 32.1 Å². The third-order valence-corrected chi connectivity index (χ3v) is 3.61. The molecule has 0 aliphatic heterocycles. The van der Waals surface area contributed by atoms with Crippen molar-refractivity contribution >= 4 is 0 Å². The Labute approximate surface area is 77.7 Å².